The summed E-state index contributed by atoms with van der Waals surface area (Å²) in [6, 6.07) is 3.50. The number of fused-ring (bicyclic) bond motifs is 1. The molecule has 5 nitrogen and oxygen atoms in total. The van der Waals surface area contributed by atoms with Crippen molar-refractivity contribution in [1.82, 2.24) is 18.9 Å². The first-order valence-electron chi connectivity index (χ1n) is 6.19. The van der Waals surface area contributed by atoms with Gasteiger partial charge in [-0.3, -0.25) is 4.40 Å². The number of anilines is 1. The molecular formula is C13H12FN5. The molecule has 0 saturated heterocycles. The molecule has 1 fully saturated rings. The quantitative estimate of drug-likeness (QED) is 0.766. The van der Waals surface area contributed by atoms with Crippen molar-refractivity contribution in [3.05, 3.63) is 36.7 Å². The number of hydrogen-bond acceptors (Lipinski definition) is 3. The van der Waals surface area contributed by atoms with Crippen LogP contribution in [0.25, 0.3) is 17.0 Å². The highest BCUT2D eigenvalue weighted by Crippen LogP contribution is 2.39. The number of imidazole rings is 2. The standard InChI is InChI=1S/C13H12FN5/c14-8-1-4-11-17-12(13(15)18(11)6-8)10-5-16-7-19(10)9-2-3-9/h1,4-7,9H,2-3,15H2. The lowest BCUT2D eigenvalue weighted by Crippen LogP contribution is -1.99. The highest BCUT2D eigenvalue weighted by Gasteiger charge is 2.27. The lowest BCUT2D eigenvalue weighted by atomic mass is 10.3. The second-order valence-electron chi connectivity index (χ2n) is 4.84. The maximum atomic E-state index is 13.3. The Kier molecular flexibility index (Phi) is 1.98. The number of pyridine rings is 1. The van der Waals surface area contributed by atoms with Gasteiger partial charge in [-0.2, -0.15) is 0 Å². The van der Waals surface area contributed by atoms with Gasteiger partial charge >= 0.3 is 0 Å². The summed E-state index contributed by atoms with van der Waals surface area (Å²) in [6.45, 7) is 0. The minimum atomic E-state index is -0.334. The van der Waals surface area contributed by atoms with Crippen molar-refractivity contribution in [2.45, 2.75) is 18.9 Å². The predicted molar refractivity (Wildman–Crippen MR) is 69.1 cm³/mol. The van der Waals surface area contributed by atoms with E-state index in [1.807, 2.05) is 0 Å². The average molecular weight is 257 g/mol. The van der Waals surface area contributed by atoms with E-state index in [2.05, 4.69) is 14.5 Å². The zero-order valence-electron chi connectivity index (χ0n) is 10.1. The van der Waals surface area contributed by atoms with Gasteiger partial charge in [0.1, 0.15) is 23.0 Å². The molecule has 0 amide bonds. The predicted octanol–water partition coefficient (Wildman–Crippen LogP) is 2.25. The second kappa shape index (κ2) is 3.57. The number of aromatic nitrogens is 4. The summed E-state index contributed by atoms with van der Waals surface area (Å²) in [6.07, 6.45) is 7.22. The molecule has 0 aromatic carbocycles. The minimum absolute atomic E-state index is 0.334. The third kappa shape index (κ3) is 1.53. The van der Waals surface area contributed by atoms with E-state index < -0.39 is 0 Å². The lowest BCUT2D eigenvalue weighted by Gasteiger charge is -2.04. The molecule has 3 aromatic rings. The maximum absolute atomic E-state index is 13.3. The van der Waals surface area contributed by atoms with Gasteiger partial charge < -0.3 is 10.3 Å². The number of nitrogen functional groups attached to an aromatic ring is 1. The Morgan fingerprint density at radius 2 is 2.16 bits per heavy atom. The van der Waals surface area contributed by atoms with Gasteiger partial charge in [-0.1, -0.05) is 0 Å². The molecule has 1 aliphatic carbocycles. The summed E-state index contributed by atoms with van der Waals surface area (Å²) in [5, 5.41) is 0. The number of hydrogen-bond donors (Lipinski definition) is 1. The fourth-order valence-corrected chi connectivity index (χ4v) is 2.36. The van der Waals surface area contributed by atoms with Crippen molar-refractivity contribution in [3.8, 4) is 11.4 Å². The number of nitrogens with two attached hydrogens (primary N) is 1. The Labute approximate surface area is 108 Å². The largest absolute Gasteiger partial charge is 0.383 e. The molecule has 96 valence electrons. The zero-order chi connectivity index (χ0) is 13.0. The molecule has 3 aromatic heterocycles. The van der Waals surface area contributed by atoms with Gasteiger partial charge in [0, 0.05) is 12.2 Å². The first-order valence-corrected chi connectivity index (χ1v) is 6.19. The van der Waals surface area contributed by atoms with Crippen LogP contribution in [-0.2, 0) is 0 Å². The van der Waals surface area contributed by atoms with Crippen LogP contribution < -0.4 is 5.73 Å². The van der Waals surface area contributed by atoms with Gasteiger partial charge in [-0.05, 0) is 25.0 Å². The van der Waals surface area contributed by atoms with Gasteiger partial charge in [0.25, 0.3) is 0 Å². The van der Waals surface area contributed by atoms with E-state index in [1.165, 1.54) is 12.3 Å². The van der Waals surface area contributed by atoms with E-state index in [4.69, 9.17) is 5.73 Å². The van der Waals surface area contributed by atoms with Crippen LogP contribution in [0.15, 0.2) is 30.9 Å². The molecule has 0 atom stereocenters. The van der Waals surface area contributed by atoms with Crippen LogP contribution in [0.3, 0.4) is 0 Å². The Hall–Kier alpha value is -2.37. The van der Waals surface area contributed by atoms with E-state index in [0.29, 0.717) is 23.2 Å². The molecule has 0 aliphatic heterocycles. The van der Waals surface area contributed by atoms with Crippen LogP contribution in [0.2, 0.25) is 0 Å². The fourth-order valence-electron chi connectivity index (χ4n) is 2.36. The van der Waals surface area contributed by atoms with Crippen molar-refractivity contribution in [3.63, 3.8) is 0 Å². The molecule has 6 heteroatoms. The average Bonchev–Trinajstić information content (AvgIpc) is 3.05. The molecule has 0 unspecified atom stereocenters. The molecule has 1 saturated carbocycles. The monoisotopic (exact) mass is 257 g/mol. The first-order chi connectivity index (χ1) is 9.24. The minimum Gasteiger partial charge on any atom is -0.383 e. The number of halogens is 1. The summed E-state index contributed by atoms with van der Waals surface area (Å²) in [5.41, 5.74) is 8.27. The van der Waals surface area contributed by atoms with Crippen molar-refractivity contribution in [1.29, 1.82) is 0 Å². The third-order valence-corrected chi connectivity index (χ3v) is 3.47. The molecule has 1 aliphatic rings. The highest BCUT2D eigenvalue weighted by molar-refractivity contribution is 5.72. The van der Waals surface area contributed by atoms with Gasteiger partial charge in [-0.15, -0.1) is 0 Å². The van der Waals surface area contributed by atoms with Crippen LogP contribution in [-0.4, -0.2) is 18.9 Å². The van der Waals surface area contributed by atoms with Crippen LogP contribution in [0.1, 0.15) is 18.9 Å². The Morgan fingerprint density at radius 3 is 2.95 bits per heavy atom. The summed E-state index contributed by atoms with van der Waals surface area (Å²) in [5.74, 6) is 0.107. The van der Waals surface area contributed by atoms with Crippen molar-refractivity contribution in [2.75, 3.05) is 5.73 Å². The van der Waals surface area contributed by atoms with Gasteiger partial charge in [0.15, 0.2) is 0 Å². The summed E-state index contributed by atoms with van der Waals surface area (Å²) in [4.78, 5) is 8.65. The van der Waals surface area contributed by atoms with Crippen LogP contribution in [0.5, 0.6) is 0 Å². The molecule has 3 heterocycles. The van der Waals surface area contributed by atoms with Gasteiger partial charge in [0.05, 0.1) is 18.2 Å². The Balaban J connectivity index is 1.95. The SMILES string of the molecule is Nc1c(-c2cncn2C2CC2)nc2ccc(F)cn12. The summed E-state index contributed by atoms with van der Waals surface area (Å²) >= 11 is 0. The summed E-state index contributed by atoms with van der Waals surface area (Å²) in [7, 11) is 0. The van der Waals surface area contributed by atoms with Gasteiger partial charge in [0.2, 0.25) is 0 Å². The first kappa shape index (κ1) is 10.5. The smallest absolute Gasteiger partial charge is 0.140 e. The molecule has 0 spiro atoms. The van der Waals surface area contributed by atoms with E-state index in [0.717, 1.165) is 18.5 Å². The van der Waals surface area contributed by atoms with Crippen LogP contribution in [0.4, 0.5) is 10.2 Å². The van der Waals surface area contributed by atoms with Crippen molar-refractivity contribution < 1.29 is 4.39 Å². The number of nitrogens with zero attached hydrogens (tertiary/aromatic N) is 4. The molecule has 19 heavy (non-hydrogen) atoms. The lowest BCUT2D eigenvalue weighted by molar-refractivity contribution is 0.619. The normalized spacial score (nSPS) is 15.2. The fraction of sp³-hybridized carbons (Fsp3) is 0.231. The van der Waals surface area contributed by atoms with Crippen molar-refractivity contribution in [2.24, 2.45) is 0 Å². The Morgan fingerprint density at radius 1 is 1.32 bits per heavy atom. The van der Waals surface area contributed by atoms with E-state index >= 15 is 0 Å². The third-order valence-electron chi connectivity index (χ3n) is 3.47. The van der Waals surface area contributed by atoms with Gasteiger partial charge in [-0.25, -0.2) is 14.4 Å². The zero-order valence-corrected chi connectivity index (χ0v) is 10.1. The van der Waals surface area contributed by atoms with E-state index in [-0.39, 0.29) is 5.82 Å². The maximum Gasteiger partial charge on any atom is 0.140 e. The number of rotatable bonds is 2. The summed E-state index contributed by atoms with van der Waals surface area (Å²) < 4.78 is 16.9. The molecule has 2 N–H and O–H groups in total. The second-order valence-corrected chi connectivity index (χ2v) is 4.84. The molecule has 0 radical (unpaired) electrons. The van der Waals surface area contributed by atoms with Crippen LogP contribution in [0, 0.1) is 5.82 Å². The topological polar surface area (TPSA) is 61.1 Å². The van der Waals surface area contributed by atoms with E-state index in [9.17, 15) is 4.39 Å². The Bertz CT molecular complexity index is 769. The molecule has 4 rings (SSSR count). The van der Waals surface area contributed by atoms with Crippen LogP contribution >= 0.6 is 0 Å². The van der Waals surface area contributed by atoms with Crippen molar-refractivity contribution >= 4 is 11.5 Å². The molecular weight excluding hydrogens is 245 g/mol. The van der Waals surface area contributed by atoms with E-state index in [1.54, 1.807) is 23.0 Å². The highest BCUT2D eigenvalue weighted by atomic mass is 19.1. The molecule has 0 bridgehead atoms.